The van der Waals surface area contributed by atoms with Crippen molar-refractivity contribution in [2.24, 2.45) is 17.6 Å². The Kier molecular flexibility index (Phi) is 4.68. The Labute approximate surface area is 117 Å². The molecule has 3 atom stereocenters. The van der Waals surface area contributed by atoms with Crippen LogP contribution in [0, 0.1) is 18.8 Å². The van der Waals surface area contributed by atoms with Crippen LogP contribution in [0.1, 0.15) is 36.9 Å². The maximum absolute atomic E-state index is 13.1. The van der Waals surface area contributed by atoms with Crippen LogP contribution in [-0.2, 0) is 6.42 Å². The predicted molar refractivity (Wildman–Crippen MR) is 72.2 cm³/mol. The molecule has 1 aliphatic carbocycles. The second-order valence-corrected chi connectivity index (χ2v) is 5.79. The number of aryl methyl sites for hydroxylation is 1. The van der Waals surface area contributed by atoms with Crippen LogP contribution in [0.2, 0.25) is 0 Å². The highest BCUT2D eigenvalue weighted by molar-refractivity contribution is 5.13. The van der Waals surface area contributed by atoms with Crippen molar-refractivity contribution in [3.8, 4) is 0 Å². The van der Waals surface area contributed by atoms with E-state index in [2.05, 4.69) is 4.98 Å². The van der Waals surface area contributed by atoms with Gasteiger partial charge in [-0.15, -0.1) is 0 Å². The second-order valence-electron chi connectivity index (χ2n) is 5.79. The highest BCUT2D eigenvalue weighted by Crippen LogP contribution is 2.42. The lowest BCUT2D eigenvalue weighted by Crippen LogP contribution is -2.44. The molecule has 0 spiro atoms. The molecule has 2 rings (SSSR count). The molecule has 0 radical (unpaired) electrons. The fourth-order valence-corrected chi connectivity index (χ4v) is 3.09. The molecule has 0 aromatic carbocycles. The minimum absolute atomic E-state index is 0.212. The van der Waals surface area contributed by atoms with E-state index in [1.807, 2.05) is 19.1 Å². The molecule has 1 aliphatic rings. The van der Waals surface area contributed by atoms with Crippen molar-refractivity contribution in [2.75, 3.05) is 0 Å². The SMILES string of the molecule is Cc1ccc(CC(N)C2CCCCC2C(F)(F)F)nc1. The molecule has 20 heavy (non-hydrogen) atoms. The number of nitrogens with zero attached hydrogens (tertiary/aromatic N) is 1. The normalized spacial score (nSPS) is 25.4. The number of hydrogen-bond donors (Lipinski definition) is 1. The van der Waals surface area contributed by atoms with Gasteiger partial charge in [0.25, 0.3) is 0 Å². The maximum atomic E-state index is 13.1. The third kappa shape index (κ3) is 3.72. The lowest BCUT2D eigenvalue weighted by molar-refractivity contribution is -0.198. The van der Waals surface area contributed by atoms with Crippen molar-refractivity contribution >= 4 is 0 Å². The van der Waals surface area contributed by atoms with E-state index in [-0.39, 0.29) is 6.42 Å². The summed E-state index contributed by atoms with van der Waals surface area (Å²) < 4.78 is 39.2. The summed E-state index contributed by atoms with van der Waals surface area (Å²) in [5.41, 5.74) is 7.87. The first-order chi connectivity index (χ1) is 9.38. The molecule has 112 valence electrons. The van der Waals surface area contributed by atoms with Crippen molar-refractivity contribution in [2.45, 2.75) is 51.2 Å². The van der Waals surface area contributed by atoms with E-state index in [4.69, 9.17) is 5.73 Å². The minimum atomic E-state index is -4.14. The van der Waals surface area contributed by atoms with Gasteiger partial charge in [-0.3, -0.25) is 4.98 Å². The van der Waals surface area contributed by atoms with Gasteiger partial charge in [0, 0.05) is 24.4 Å². The van der Waals surface area contributed by atoms with Gasteiger partial charge in [0.05, 0.1) is 5.92 Å². The Balaban J connectivity index is 2.06. The number of alkyl halides is 3. The quantitative estimate of drug-likeness (QED) is 0.921. The lowest BCUT2D eigenvalue weighted by Gasteiger charge is -2.36. The molecule has 5 heteroatoms. The maximum Gasteiger partial charge on any atom is 0.392 e. The fourth-order valence-electron chi connectivity index (χ4n) is 3.09. The predicted octanol–water partition coefficient (Wildman–Crippen LogP) is 3.63. The van der Waals surface area contributed by atoms with Crippen LogP contribution in [-0.4, -0.2) is 17.2 Å². The molecule has 3 unspecified atom stereocenters. The van der Waals surface area contributed by atoms with Crippen LogP contribution in [0.3, 0.4) is 0 Å². The molecule has 0 saturated heterocycles. The molecule has 0 aliphatic heterocycles. The Hall–Kier alpha value is -1.10. The summed E-state index contributed by atoms with van der Waals surface area (Å²) in [5.74, 6) is -1.73. The zero-order chi connectivity index (χ0) is 14.8. The largest absolute Gasteiger partial charge is 0.392 e. The van der Waals surface area contributed by atoms with Crippen LogP contribution in [0.25, 0.3) is 0 Å². The topological polar surface area (TPSA) is 38.9 Å². The number of halogens is 3. The summed E-state index contributed by atoms with van der Waals surface area (Å²) in [6.45, 7) is 1.93. The van der Waals surface area contributed by atoms with E-state index in [1.54, 1.807) is 6.20 Å². The van der Waals surface area contributed by atoms with E-state index in [9.17, 15) is 13.2 Å². The molecule has 1 aromatic heterocycles. The summed E-state index contributed by atoms with van der Waals surface area (Å²) in [6.07, 6.45) is 0.272. The van der Waals surface area contributed by atoms with E-state index in [0.717, 1.165) is 17.7 Å². The van der Waals surface area contributed by atoms with E-state index in [1.165, 1.54) is 0 Å². The molecule has 2 nitrogen and oxygen atoms in total. The average molecular weight is 286 g/mol. The van der Waals surface area contributed by atoms with Crippen LogP contribution in [0.4, 0.5) is 13.2 Å². The molecule has 1 aromatic rings. The number of hydrogen-bond acceptors (Lipinski definition) is 2. The monoisotopic (exact) mass is 286 g/mol. The van der Waals surface area contributed by atoms with Gasteiger partial charge in [-0.2, -0.15) is 13.2 Å². The van der Waals surface area contributed by atoms with Gasteiger partial charge in [0.1, 0.15) is 0 Å². The molecule has 0 amide bonds. The number of pyridine rings is 1. The van der Waals surface area contributed by atoms with Gasteiger partial charge in [-0.25, -0.2) is 0 Å². The van der Waals surface area contributed by atoms with Crippen LogP contribution in [0.15, 0.2) is 18.3 Å². The Morgan fingerprint density at radius 2 is 2.00 bits per heavy atom. The van der Waals surface area contributed by atoms with Crippen LogP contribution in [0.5, 0.6) is 0 Å². The first-order valence-electron chi connectivity index (χ1n) is 7.12. The van der Waals surface area contributed by atoms with E-state index < -0.39 is 24.1 Å². The van der Waals surface area contributed by atoms with Gasteiger partial charge in [-0.05, 0) is 37.3 Å². The molecular weight excluding hydrogens is 265 g/mol. The van der Waals surface area contributed by atoms with Gasteiger partial charge in [0.2, 0.25) is 0 Å². The Bertz CT molecular complexity index is 428. The van der Waals surface area contributed by atoms with E-state index in [0.29, 0.717) is 19.3 Å². The zero-order valence-electron chi connectivity index (χ0n) is 11.7. The number of nitrogens with two attached hydrogens (primary N) is 1. The smallest absolute Gasteiger partial charge is 0.327 e. The lowest BCUT2D eigenvalue weighted by atomic mass is 9.74. The van der Waals surface area contributed by atoms with Gasteiger partial charge < -0.3 is 5.73 Å². The van der Waals surface area contributed by atoms with Crippen molar-refractivity contribution < 1.29 is 13.2 Å². The standard InChI is InChI=1S/C15H21F3N2/c1-10-6-7-11(20-9-10)8-14(19)12-4-2-3-5-13(12)15(16,17)18/h6-7,9,12-14H,2-5,8,19H2,1H3. The van der Waals surface area contributed by atoms with Crippen molar-refractivity contribution in [1.29, 1.82) is 0 Å². The molecular formula is C15H21F3N2. The van der Waals surface area contributed by atoms with Gasteiger partial charge in [-0.1, -0.05) is 18.9 Å². The first kappa shape index (κ1) is 15.3. The van der Waals surface area contributed by atoms with Crippen molar-refractivity contribution in [3.63, 3.8) is 0 Å². The third-order valence-corrected chi connectivity index (χ3v) is 4.21. The highest BCUT2D eigenvalue weighted by Gasteiger charge is 2.47. The van der Waals surface area contributed by atoms with Gasteiger partial charge in [0.15, 0.2) is 0 Å². The Morgan fingerprint density at radius 3 is 2.60 bits per heavy atom. The van der Waals surface area contributed by atoms with Crippen molar-refractivity contribution in [1.82, 2.24) is 4.98 Å². The summed E-state index contributed by atoms with van der Waals surface area (Å²) >= 11 is 0. The molecule has 2 N–H and O–H groups in total. The summed E-state index contributed by atoms with van der Waals surface area (Å²) in [6, 6.07) is 3.29. The van der Waals surface area contributed by atoms with Crippen molar-refractivity contribution in [3.05, 3.63) is 29.6 Å². The second kappa shape index (κ2) is 6.12. The molecule has 1 heterocycles. The highest BCUT2D eigenvalue weighted by atomic mass is 19.4. The minimum Gasteiger partial charge on any atom is -0.327 e. The van der Waals surface area contributed by atoms with Crippen LogP contribution < -0.4 is 5.73 Å². The third-order valence-electron chi connectivity index (χ3n) is 4.21. The first-order valence-corrected chi connectivity index (χ1v) is 7.12. The van der Waals surface area contributed by atoms with Gasteiger partial charge >= 0.3 is 6.18 Å². The fraction of sp³-hybridized carbons (Fsp3) is 0.667. The zero-order valence-corrected chi connectivity index (χ0v) is 11.7. The Morgan fingerprint density at radius 1 is 1.30 bits per heavy atom. The summed E-state index contributed by atoms with van der Waals surface area (Å²) in [5, 5.41) is 0. The number of aromatic nitrogens is 1. The average Bonchev–Trinajstić information content (AvgIpc) is 2.40. The number of rotatable bonds is 3. The molecule has 0 bridgehead atoms. The molecule has 1 fully saturated rings. The molecule has 1 saturated carbocycles. The summed E-state index contributed by atoms with van der Waals surface area (Å²) in [7, 11) is 0. The summed E-state index contributed by atoms with van der Waals surface area (Å²) in [4.78, 5) is 4.24. The van der Waals surface area contributed by atoms with E-state index >= 15 is 0 Å². The van der Waals surface area contributed by atoms with Crippen LogP contribution >= 0.6 is 0 Å².